The molecule has 0 bridgehead atoms. The highest BCUT2D eigenvalue weighted by Gasteiger charge is 2.27. The van der Waals surface area contributed by atoms with Crippen LogP contribution in [0.5, 0.6) is 0 Å². The Bertz CT molecular complexity index is 904. The zero-order valence-corrected chi connectivity index (χ0v) is 18.2. The summed E-state index contributed by atoms with van der Waals surface area (Å²) in [5.41, 5.74) is 2.90. The van der Waals surface area contributed by atoms with Crippen molar-refractivity contribution in [2.24, 2.45) is 0 Å². The van der Waals surface area contributed by atoms with Crippen molar-refractivity contribution in [1.82, 2.24) is 4.98 Å². The van der Waals surface area contributed by atoms with E-state index in [0.717, 1.165) is 15.9 Å². The van der Waals surface area contributed by atoms with Crippen molar-refractivity contribution in [3.8, 4) is 0 Å². The van der Waals surface area contributed by atoms with Crippen LogP contribution < -0.4 is 4.90 Å². The van der Waals surface area contributed by atoms with Crippen LogP contribution in [0.2, 0.25) is 0 Å². The summed E-state index contributed by atoms with van der Waals surface area (Å²) in [5, 5.41) is 0.647. The zero-order valence-electron chi connectivity index (χ0n) is 17.4. The Morgan fingerprint density at radius 3 is 2.45 bits per heavy atom. The quantitative estimate of drug-likeness (QED) is 0.434. The van der Waals surface area contributed by atoms with Gasteiger partial charge in [0.05, 0.1) is 29.1 Å². The van der Waals surface area contributed by atoms with Crippen LogP contribution in [0.3, 0.4) is 0 Å². The van der Waals surface area contributed by atoms with Crippen LogP contribution in [0.15, 0.2) is 48.5 Å². The lowest BCUT2D eigenvalue weighted by Gasteiger charge is -2.24. The normalized spacial score (nSPS) is 12.4. The molecule has 3 aromatic rings. The molecule has 0 N–H and O–H groups in total. The van der Waals surface area contributed by atoms with Crippen molar-refractivity contribution in [3.63, 3.8) is 0 Å². The maximum Gasteiger partial charge on any atom is 0.262 e. The second kappa shape index (κ2) is 9.96. The summed E-state index contributed by atoms with van der Waals surface area (Å²) in [4.78, 5) is 19.7. The van der Waals surface area contributed by atoms with Crippen molar-refractivity contribution < 1.29 is 14.3 Å². The third-order valence-corrected chi connectivity index (χ3v) is 5.68. The Morgan fingerprint density at radius 1 is 1.07 bits per heavy atom. The van der Waals surface area contributed by atoms with Gasteiger partial charge in [0.15, 0.2) is 5.13 Å². The van der Waals surface area contributed by atoms with E-state index in [1.807, 2.05) is 43.3 Å². The molecule has 154 valence electrons. The Morgan fingerprint density at radius 2 is 1.79 bits per heavy atom. The molecule has 0 aliphatic carbocycles. The Kier molecular flexibility index (Phi) is 7.36. The molecule has 5 nitrogen and oxygen atoms in total. The van der Waals surface area contributed by atoms with Crippen LogP contribution in [-0.4, -0.2) is 36.8 Å². The summed E-state index contributed by atoms with van der Waals surface area (Å²) in [6.07, 6.45) is -0.604. The van der Waals surface area contributed by atoms with Crippen molar-refractivity contribution in [3.05, 3.63) is 54.1 Å². The second-order valence-electron chi connectivity index (χ2n) is 7.09. The summed E-state index contributed by atoms with van der Waals surface area (Å²) in [5.74, 6) is 0.286. The number of benzene rings is 2. The predicted octanol–water partition coefficient (Wildman–Crippen LogP) is 5.53. The number of ether oxygens (including phenoxy) is 2. The van der Waals surface area contributed by atoms with Gasteiger partial charge in [-0.3, -0.25) is 9.69 Å². The fraction of sp³-hybridized carbons (Fsp3) is 0.391. The number of para-hydroxylation sites is 1. The first kappa shape index (κ1) is 21.4. The molecule has 29 heavy (non-hydrogen) atoms. The predicted molar refractivity (Wildman–Crippen MR) is 119 cm³/mol. The lowest BCUT2D eigenvalue weighted by molar-refractivity contribution is -0.129. The van der Waals surface area contributed by atoms with Gasteiger partial charge < -0.3 is 9.47 Å². The molecule has 1 amide bonds. The molecular formula is C23H28N2O3S. The minimum atomic E-state index is -0.604. The van der Waals surface area contributed by atoms with E-state index in [1.165, 1.54) is 16.9 Å². The number of aromatic nitrogens is 1. The second-order valence-corrected chi connectivity index (χ2v) is 8.10. The largest absolute Gasteiger partial charge is 0.379 e. The third-order valence-electron chi connectivity index (χ3n) is 4.66. The van der Waals surface area contributed by atoms with Gasteiger partial charge in [-0.1, -0.05) is 49.4 Å². The highest BCUT2D eigenvalue weighted by Crippen LogP contribution is 2.34. The standard InChI is InChI=1S/C23H28N2O3S/c1-5-27-14-15-28-17(4)22(26)25(19-12-10-18(11-13-19)16(2)3)23-24-20-8-6-7-9-21(20)29-23/h6-13,16-17H,5,14-15H2,1-4H3. The van der Waals surface area contributed by atoms with E-state index in [1.54, 1.807) is 11.8 Å². The molecule has 0 radical (unpaired) electrons. The number of rotatable bonds is 9. The van der Waals surface area contributed by atoms with Gasteiger partial charge in [0.25, 0.3) is 5.91 Å². The summed E-state index contributed by atoms with van der Waals surface area (Å²) >= 11 is 1.50. The maximum atomic E-state index is 13.3. The number of hydrogen-bond donors (Lipinski definition) is 0. The summed E-state index contributed by atoms with van der Waals surface area (Å²) < 4.78 is 12.1. The van der Waals surface area contributed by atoms with Crippen LogP contribution in [0, 0.1) is 0 Å². The lowest BCUT2D eigenvalue weighted by Crippen LogP contribution is -2.36. The van der Waals surface area contributed by atoms with Crippen LogP contribution in [0.1, 0.15) is 39.2 Å². The van der Waals surface area contributed by atoms with E-state index in [9.17, 15) is 4.79 Å². The van der Waals surface area contributed by atoms with Crippen molar-refractivity contribution in [1.29, 1.82) is 0 Å². The molecule has 0 spiro atoms. The van der Waals surface area contributed by atoms with Crippen LogP contribution in [-0.2, 0) is 14.3 Å². The van der Waals surface area contributed by atoms with E-state index in [2.05, 4.69) is 26.0 Å². The zero-order chi connectivity index (χ0) is 20.8. The number of anilines is 2. The molecule has 6 heteroatoms. The highest BCUT2D eigenvalue weighted by molar-refractivity contribution is 7.22. The number of thiazole rings is 1. The SMILES string of the molecule is CCOCCOC(C)C(=O)N(c1ccc(C(C)C)cc1)c1nc2ccccc2s1. The van der Waals surface area contributed by atoms with Crippen LogP contribution in [0.25, 0.3) is 10.2 Å². The average molecular weight is 413 g/mol. The van der Waals surface area contributed by atoms with Crippen LogP contribution in [0.4, 0.5) is 10.8 Å². The van der Waals surface area contributed by atoms with Gasteiger partial charge in [0.2, 0.25) is 0 Å². The number of carbonyl (C=O) groups is 1. The maximum absolute atomic E-state index is 13.3. The molecular weight excluding hydrogens is 384 g/mol. The van der Waals surface area contributed by atoms with Gasteiger partial charge in [0, 0.05) is 6.61 Å². The minimum Gasteiger partial charge on any atom is -0.379 e. The smallest absolute Gasteiger partial charge is 0.262 e. The first-order valence-corrected chi connectivity index (χ1v) is 10.8. The summed E-state index contributed by atoms with van der Waals surface area (Å²) in [6, 6.07) is 16.0. The summed E-state index contributed by atoms with van der Waals surface area (Å²) in [7, 11) is 0. The molecule has 3 rings (SSSR count). The molecule has 0 saturated carbocycles. The van der Waals surface area contributed by atoms with Gasteiger partial charge in [-0.25, -0.2) is 4.98 Å². The highest BCUT2D eigenvalue weighted by atomic mass is 32.1. The number of hydrogen-bond acceptors (Lipinski definition) is 5. The molecule has 0 fully saturated rings. The van der Waals surface area contributed by atoms with Crippen molar-refractivity contribution in [2.75, 3.05) is 24.7 Å². The van der Waals surface area contributed by atoms with Gasteiger partial charge in [-0.2, -0.15) is 0 Å². The molecule has 1 heterocycles. The molecule has 0 aliphatic rings. The Hall–Kier alpha value is -2.28. The van der Waals surface area contributed by atoms with E-state index in [4.69, 9.17) is 14.5 Å². The van der Waals surface area contributed by atoms with Crippen LogP contribution >= 0.6 is 11.3 Å². The number of nitrogens with zero attached hydrogens (tertiary/aromatic N) is 2. The fourth-order valence-electron chi connectivity index (χ4n) is 2.98. The van der Waals surface area contributed by atoms with Crippen molar-refractivity contribution >= 4 is 38.3 Å². The Labute approximate surface area is 176 Å². The monoisotopic (exact) mass is 412 g/mol. The topological polar surface area (TPSA) is 51.7 Å². The number of fused-ring (bicyclic) bond motifs is 1. The van der Waals surface area contributed by atoms with E-state index in [0.29, 0.717) is 30.9 Å². The molecule has 0 saturated heterocycles. The summed E-state index contributed by atoms with van der Waals surface area (Å²) in [6.45, 7) is 9.49. The fourth-order valence-corrected chi connectivity index (χ4v) is 3.97. The molecule has 2 aromatic carbocycles. The minimum absolute atomic E-state index is 0.141. The van der Waals surface area contributed by atoms with Gasteiger partial charge in [0.1, 0.15) is 6.10 Å². The van der Waals surface area contributed by atoms with Crippen molar-refractivity contribution in [2.45, 2.75) is 39.7 Å². The lowest BCUT2D eigenvalue weighted by atomic mass is 10.0. The average Bonchev–Trinajstić information content (AvgIpc) is 3.15. The molecule has 1 aromatic heterocycles. The first-order valence-electron chi connectivity index (χ1n) is 10.00. The number of amides is 1. The Balaban J connectivity index is 1.91. The van der Waals surface area contributed by atoms with Gasteiger partial charge in [-0.15, -0.1) is 0 Å². The number of carbonyl (C=O) groups excluding carboxylic acids is 1. The van der Waals surface area contributed by atoms with Gasteiger partial charge in [-0.05, 0) is 49.6 Å². The van der Waals surface area contributed by atoms with E-state index in [-0.39, 0.29) is 5.91 Å². The molecule has 0 aliphatic heterocycles. The van der Waals surface area contributed by atoms with E-state index < -0.39 is 6.10 Å². The molecule has 1 unspecified atom stereocenters. The van der Waals surface area contributed by atoms with Gasteiger partial charge >= 0.3 is 0 Å². The molecule has 1 atom stereocenters. The van der Waals surface area contributed by atoms with E-state index >= 15 is 0 Å². The third kappa shape index (κ3) is 5.21. The first-order chi connectivity index (χ1) is 14.0.